The van der Waals surface area contributed by atoms with Crippen molar-refractivity contribution in [3.63, 3.8) is 0 Å². The molecule has 4 nitrogen and oxygen atoms in total. The third-order valence-corrected chi connectivity index (χ3v) is 5.22. The van der Waals surface area contributed by atoms with Gasteiger partial charge in [-0.1, -0.05) is 0 Å². The molecular weight excluding hydrogens is 329 g/mol. The fourth-order valence-corrected chi connectivity index (χ4v) is 4.11. The number of aromatic nitrogens is 1. The maximum atomic E-state index is 12.7. The number of halogens is 2. The number of carbonyl (C=O) groups is 1. The topological polar surface area (TPSA) is 59.2 Å². The second-order valence-electron chi connectivity index (χ2n) is 5.68. The first-order chi connectivity index (χ1) is 9.25. The lowest BCUT2D eigenvalue weighted by Crippen LogP contribution is -2.41. The van der Waals surface area contributed by atoms with Crippen molar-refractivity contribution in [1.29, 1.82) is 0 Å². The highest BCUT2D eigenvalue weighted by molar-refractivity contribution is 7.09. The summed E-state index contributed by atoms with van der Waals surface area (Å²) in [5.41, 5.74) is 5.94. The highest BCUT2D eigenvalue weighted by Gasteiger charge is 2.36. The molecule has 0 spiro atoms. The van der Waals surface area contributed by atoms with E-state index >= 15 is 0 Å². The van der Waals surface area contributed by atoms with Gasteiger partial charge in [-0.25, -0.2) is 4.98 Å². The van der Waals surface area contributed by atoms with Gasteiger partial charge >= 0.3 is 0 Å². The van der Waals surface area contributed by atoms with E-state index in [-0.39, 0.29) is 42.8 Å². The summed E-state index contributed by atoms with van der Waals surface area (Å²) in [6.45, 7) is 0.884. The minimum absolute atomic E-state index is 0. The predicted octanol–water partition coefficient (Wildman–Crippen LogP) is 3.17. The van der Waals surface area contributed by atoms with Gasteiger partial charge in [-0.3, -0.25) is 4.79 Å². The van der Waals surface area contributed by atoms with Crippen molar-refractivity contribution >= 4 is 42.1 Å². The van der Waals surface area contributed by atoms with Crippen molar-refractivity contribution < 1.29 is 4.79 Å². The first kappa shape index (κ1) is 18.7. The average molecular weight is 352 g/mol. The Morgan fingerprint density at radius 2 is 2.10 bits per heavy atom. The van der Waals surface area contributed by atoms with Crippen molar-refractivity contribution in [1.82, 2.24) is 9.88 Å². The zero-order chi connectivity index (χ0) is 13.2. The fraction of sp³-hybridized carbons (Fsp3) is 0.714. The largest absolute Gasteiger partial charge is 0.333 e. The maximum absolute atomic E-state index is 12.7. The molecule has 1 aliphatic heterocycles. The lowest BCUT2D eigenvalue weighted by molar-refractivity contribution is -0.139. The smallest absolute Gasteiger partial charge is 0.226 e. The van der Waals surface area contributed by atoms with Crippen LogP contribution >= 0.6 is 36.2 Å². The van der Waals surface area contributed by atoms with Gasteiger partial charge in [0.1, 0.15) is 5.01 Å². The molecule has 7 heteroatoms. The normalized spacial score (nSPS) is 28.6. The van der Waals surface area contributed by atoms with Crippen molar-refractivity contribution in [2.24, 2.45) is 11.7 Å². The van der Waals surface area contributed by atoms with E-state index in [9.17, 15) is 4.79 Å². The summed E-state index contributed by atoms with van der Waals surface area (Å²) < 4.78 is 0. The number of nitrogens with two attached hydrogens (primary N) is 1. The summed E-state index contributed by atoms with van der Waals surface area (Å²) in [4.78, 5) is 19.2. The molecule has 3 rings (SSSR count). The van der Waals surface area contributed by atoms with Gasteiger partial charge in [0.15, 0.2) is 0 Å². The van der Waals surface area contributed by atoms with E-state index < -0.39 is 0 Å². The number of rotatable bonds is 2. The van der Waals surface area contributed by atoms with E-state index in [1.807, 2.05) is 11.6 Å². The predicted molar refractivity (Wildman–Crippen MR) is 90.2 cm³/mol. The summed E-state index contributed by atoms with van der Waals surface area (Å²) in [6, 6.07) is 0.426. The first-order valence-corrected chi connectivity index (χ1v) is 8.09. The van der Waals surface area contributed by atoms with Gasteiger partial charge in [-0.15, -0.1) is 36.2 Å². The molecule has 1 saturated heterocycles. The van der Waals surface area contributed by atoms with Crippen molar-refractivity contribution in [2.75, 3.05) is 6.54 Å². The molecule has 2 heterocycles. The van der Waals surface area contributed by atoms with E-state index in [1.54, 1.807) is 11.3 Å². The van der Waals surface area contributed by atoms with Crippen molar-refractivity contribution in [2.45, 2.75) is 50.6 Å². The van der Waals surface area contributed by atoms with Crippen LogP contribution in [0.5, 0.6) is 0 Å². The standard InChI is InChI=1S/C14H21N3OS.2ClH/c15-11-5-4-10(9-11)14(18)17-7-2-1-3-12(17)13-16-6-8-19-13;;/h6,8,10-12H,1-5,7,9,15H2;2*1H. The van der Waals surface area contributed by atoms with Gasteiger partial charge in [-0.2, -0.15) is 0 Å². The molecule has 1 aromatic heterocycles. The van der Waals surface area contributed by atoms with Crippen LogP contribution in [0, 0.1) is 5.92 Å². The summed E-state index contributed by atoms with van der Waals surface area (Å²) in [5, 5.41) is 3.09. The number of hydrogen-bond donors (Lipinski definition) is 1. The number of carbonyl (C=O) groups excluding carboxylic acids is 1. The molecule has 0 radical (unpaired) electrons. The van der Waals surface area contributed by atoms with Crippen LogP contribution < -0.4 is 5.73 Å². The number of amides is 1. The van der Waals surface area contributed by atoms with Crippen LogP contribution in [0.25, 0.3) is 0 Å². The van der Waals surface area contributed by atoms with Gasteiger partial charge in [0, 0.05) is 30.1 Å². The van der Waals surface area contributed by atoms with E-state index in [1.165, 1.54) is 6.42 Å². The van der Waals surface area contributed by atoms with Crippen LogP contribution in [0.2, 0.25) is 0 Å². The van der Waals surface area contributed by atoms with Crippen LogP contribution in [0.3, 0.4) is 0 Å². The van der Waals surface area contributed by atoms with E-state index in [0.29, 0.717) is 5.91 Å². The zero-order valence-electron chi connectivity index (χ0n) is 11.9. The number of piperidine rings is 1. The molecule has 1 amide bonds. The molecule has 21 heavy (non-hydrogen) atoms. The maximum Gasteiger partial charge on any atom is 0.226 e. The molecular formula is C14H23Cl2N3OS. The summed E-state index contributed by atoms with van der Waals surface area (Å²) in [6.07, 6.45) is 8.01. The van der Waals surface area contributed by atoms with Gasteiger partial charge in [0.25, 0.3) is 0 Å². The molecule has 1 aromatic rings. The van der Waals surface area contributed by atoms with E-state index in [0.717, 1.165) is 43.7 Å². The van der Waals surface area contributed by atoms with Gasteiger partial charge in [-0.05, 0) is 38.5 Å². The lowest BCUT2D eigenvalue weighted by Gasteiger charge is -2.36. The number of thiazole rings is 1. The third kappa shape index (κ3) is 4.09. The highest BCUT2D eigenvalue weighted by atomic mass is 35.5. The summed E-state index contributed by atoms with van der Waals surface area (Å²) >= 11 is 1.66. The SMILES string of the molecule is Cl.Cl.NC1CCC(C(=O)N2CCCCC2c2nccs2)C1. The Morgan fingerprint density at radius 3 is 2.71 bits per heavy atom. The van der Waals surface area contributed by atoms with Gasteiger partial charge in [0.2, 0.25) is 5.91 Å². The lowest BCUT2D eigenvalue weighted by atomic mass is 9.98. The molecule has 3 unspecified atom stereocenters. The molecule has 2 aliphatic rings. The molecule has 2 N–H and O–H groups in total. The Hall–Kier alpha value is -0.360. The molecule has 0 bridgehead atoms. The Bertz CT molecular complexity index is 443. The Morgan fingerprint density at radius 1 is 1.29 bits per heavy atom. The fourth-order valence-electron chi connectivity index (χ4n) is 3.33. The average Bonchev–Trinajstić information content (AvgIpc) is 3.09. The van der Waals surface area contributed by atoms with Crippen LogP contribution in [-0.4, -0.2) is 28.4 Å². The molecule has 0 aromatic carbocycles. The van der Waals surface area contributed by atoms with Crippen LogP contribution in [-0.2, 0) is 4.79 Å². The monoisotopic (exact) mass is 351 g/mol. The minimum Gasteiger partial charge on any atom is -0.333 e. The van der Waals surface area contributed by atoms with E-state index in [2.05, 4.69) is 9.88 Å². The van der Waals surface area contributed by atoms with Crippen molar-refractivity contribution in [3.8, 4) is 0 Å². The first-order valence-electron chi connectivity index (χ1n) is 7.21. The van der Waals surface area contributed by atoms with Crippen molar-refractivity contribution in [3.05, 3.63) is 16.6 Å². The summed E-state index contributed by atoms with van der Waals surface area (Å²) in [7, 11) is 0. The Labute approximate surface area is 142 Å². The molecule has 1 aliphatic carbocycles. The molecule has 2 fully saturated rings. The third-order valence-electron chi connectivity index (χ3n) is 4.34. The zero-order valence-corrected chi connectivity index (χ0v) is 14.4. The number of hydrogen-bond acceptors (Lipinski definition) is 4. The van der Waals surface area contributed by atoms with Crippen LogP contribution in [0.15, 0.2) is 11.6 Å². The Kier molecular flexibility index (Phi) is 7.40. The van der Waals surface area contributed by atoms with Crippen LogP contribution in [0.4, 0.5) is 0 Å². The molecule has 120 valence electrons. The van der Waals surface area contributed by atoms with Gasteiger partial charge < -0.3 is 10.6 Å². The van der Waals surface area contributed by atoms with E-state index in [4.69, 9.17) is 5.73 Å². The minimum atomic E-state index is 0. The quantitative estimate of drug-likeness (QED) is 0.889. The van der Waals surface area contributed by atoms with Gasteiger partial charge in [0.05, 0.1) is 6.04 Å². The number of likely N-dealkylation sites (tertiary alicyclic amines) is 1. The number of nitrogens with zero attached hydrogens (tertiary/aromatic N) is 2. The molecule has 3 atom stereocenters. The van der Waals surface area contributed by atoms with Crippen LogP contribution in [0.1, 0.15) is 49.6 Å². The molecule has 1 saturated carbocycles. The highest BCUT2D eigenvalue weighted by Crippen LogP contribution is 2.35. The summed E-state index contributed by atoms with van der Waals surface area (Å²) in [5.74, 6) is 0.461. The Balaban J connectivity index is 0.00000110. The second-order valence-corrected chi connectivity index (χ2v) is 6.61. The second kappa shape index (κ2) is 8.32.